The molecule has 4 N–H and O–H groups in total. The zero-order valence-corrected chi connectivity index (χ0v) is 12.3. The Morgan fingerprint density at radius 2 is 1.65 bits per heavy atom. The van der Waals surface area contributed by atoms with Gasteiger partial charge in [-0.05, 0) is 55.7 Å². The first kappa shape index (κ1) is 13.7. The van der Waals surface area contributed by atoms with E-state index in [2.05, 4.69) is 4.90 Å². The highest BCUT2D eigenvalue weighted by Crippen LogP contribution is 2.37. The molecule has 1 aromatic rings. The largest absolute Gasteiger partial charge is 0.397 e. The number of primary sulfonamides is 1. The van der Waals surface area contributed by atoms with Crippen molar-refractivity contribution in [2.75, 3.05) is 23.7 Å². The molecule has 1 aromatic carbocycles. The average molecular weight is 295 g/mol. The number of hydrogen-bond acceptors (Lipinski definition) is 4. The molecule has 2 saturated carbocycles. The molecule has 0 amide bonds. The van der Waals surface area contributed by atoms with Gasteiger partial charge in [0.05, 0.1) is 16.3 Å². The number of benzene rings is 1. The van der Waals surface area contributed by atoms with Crippen LogP contribution in [-0.2, 0) is 10.0 Å². The third kappa shape index (κ3) is 3.24. The van der Waals surface area contributed by atoms with Gasteiger partial charge in [-0.3, -0.25) is 0 Å². The topological polar surface area (TPSA) is 89.4 Å². The molecule has 0 aliphatic heterocycles. The van der Waals surface area contributed by atoms with Crippen LogP contribution in [0.2, 0.25) is 0 Å². The fourth-order valence-corrected chi connectivity index (χ4v) is 3.00. The highest BCUT2D eigenvalue weighted by atomic mass is 32.2. The number of sulfonamides is 1. The normalized spacial score (nSPS) is 19.1. The molecule has 0 heterocycles. The second-order valence-corrected chi connectivity index (χ2v) is 7.62. The van der Waals surface area contributed by atoms with Crippen LogP contribution in [0, 0.1) is 11.8 Å². The summed E-state index contributed by atoms with van der Waals surface area (Å²) in [6.45, 7) is 1.93. The van der Waals surface area contributed by atoms with Gasteiger partial charge in [0.1, 0.15) is 0 Å². The molecule has 0 aromatic heterocycles. The molecule has 110 valence electrons. The van der Waals surface area contributed by atoms with Gasteiger partial charge in [0.25, 0.3) is 0 Å². The van der Waals surface area contributed by atoms with Crippen molar-refractivity contribution in [2.24, 2.45) is 17.0 Å². The lowest BCUT2D eigenvalue weighted by molar-refractivity contribution is 0.597. The Hall–Kier alpha value is -1.27. The maximum Gasteiger partial charge on any atom is 0.238 e. The van der Waals surface area contributed by atoms with Gasteiger partial charge < -0.3 is 10.6 Å². The van der Waals surface area contributed by atoms with Crippen LogP contribution in [0.25, 0.3) is 0 Å². The van der Waals surface area contributed by atoms with Crippen LogP contribution in [-0.4, -0.2) is 21.5 Å². The maximum absolute atomic E-state index is 11.5. The molecule has 0 spiro atoms. The fraction of sp³-hybridized carbons (Fsp3) is 0.571. The molecule has 2 aliphatic carbocycles. The second-order valence-electron chi connectivity index (χ2n) is 6.06. The Kier molecular flexibility index (Phi) is 3.38. The van der Waals surface area contributed by atoms with Gasteiger partial charge in [0.2, 0.25) is 10.0 Å². The molecule has 3 rings (SSSR count). The van der Waals surface area contributed by atoms with Crippen molar-refractivity contribution in [3.05, 3.63) is 18.2 Å². The molecule has 20 heavy (non-hydrogen) atoms. The predicted octanol–water partition coefficient (Wildman–Crippen LogP) is 1.54. The minimum Gasteiger partial charge on any atom is -0.397 e. The van der Waals surface area contributed by atoms with E-state index in [0.717, 1.165) is 30.6 Å². The summed E-state index contributed by atoms with van der Waals surface area (Å²) < 4.78 is 23.0. The Bertz CT molecular complexity index is 593. The first-order valence-corrected chi connectivity index (χ1v) is 8.65. The van der Waals surface area contributed by atoms with Gasteiger partial charge >= 0.3 is 0 Å². The molecule has 5 nitrogen and oxygen atoms in total. The highest BCUT2D eigenvalue weighted by molar-refractivity contribution is 7.89. The molecular weight excluding hydrogens is 274 g/mol. The van der Waals surface area contributed by atoms with Crippen molar-refractivity contribution in [1.29, 1.82) is 0 Å². The zero-order chi connectivity index (χ0) is 14.3. The molecule has 6 heteroatoms. The SMILES string of the molecule is Nc1ccc(S(N)(=O)=O)cc1N(CC1CC1)CC1CC1. The third-order valence-corrected chi connectivity index (χ3v) is 4.93. The Morgan fingerprint density at radius 1 is 1.10 bits per heavy atom. The summed E-state index contributed by atoms with van der Waals surface area (Å²) >= 11 is 0. The molecular formula is C14H21N3O2S. The Balaban J connectivity index is 1.90. The summed E-state index contributed by atoms with van der Waals surface area (Å²) in [5.41, 5.74) is 7.49. The van der Waals surface area contributed by atoms with Crippen LogP contribution >= 0.6 is 0 Å². The summed E-state index contributed by atoms with van der Waals surface area (Å²) in [6, 6.07) is 4.73. The van der Waals surface area contributed by atoms with Crippen LogP contribution in [0.3, 0.4) is 0 Å². The lowest BCUT2D eigenvalue weighted by atomic mass is 10.2. The summed E-state index contributed by atoms with van der Waals surface area (Å²) in [6.07, 6.45) is 5.04. The number of nitrogens with zero attached hydrogens (tertiary/aromatic N) is 1. The number of anilines is 2. The van der Waals surface area contributed by atoms with Crippen LogP contribution < -0.4 is 15.8 Å². The molecule has 2 fully saturated rings. The van der Waals surface area contributed by atoms with E-state index < -0.39 is 10.0 Å². The van der Waals surface area contributed by atoms with E-state index in [4.69, 9.17) is 10.9 Å². The van der Waals surface area contributed by atoms with Crippen molar-refractivity contribution in [3.63, 3.8) is 0 Å². The monoisotopic (exact) mass is 295 g/mol. The van der Waals surface area contributed by atoms with Crippen molar-refractivity contribution in [2.45, 2.75) is 30.6 Å². The quantitative estimate of drug-likeness (QED) is 0.779. The van der Waals surface area contributed by atoms with Crippen LogP contribution in [0.15, 0.2) is 23.1 Å². The average Bonchev–Trinajstić information content (AvgIpc) is 3.22. The van der Waals surface area contributed by atoms with Crippen molar-refractivity contribution < 1.29 is 8.42 Å². The molecule has 0 unspecified atom stereocenters. The standard InChI is InChI=1S/C14H21N3O2S/c15-13-6-5-12(20(16,18)19)7-14(13)17(8-10-1-2-10)9-11-3-4-11/h5-7,10-11H,1-4,8-9,15H2,(H2,16,18,19). The van der Waals surface area contributed by atoms with E-state index in [1.807, 2.05) is 0 Å². The summed E-state index contributed by atoms with van der Waals surface area (Å²) in [5, 5.41) is 5.22. The van der Waals surface area contributed by atoms with Gasteiger partial charge in [-0.1, -0.05) is 0 Å². The summed E-state index contributed by atoms with van der Waals surface area (Å²) in [4.78, 5) is 2.39. The van der Waals surface area contributed by atoms with Gasteiger partial charge in [-0.15, -0.1) is 0 Å². The van der Waals surface area contributed by atoms with Crippen LogP contribution in [0.1, 0.15) is 25.7 Å². The molecule has 2 aliphatic rings. The van der Waals surface area contributed by atoms with Gasteiger partial charge in [-0.2, -0.15) is 0 Å². The third-order valence-electron chi connectivity index (χ3n) is 4.02. The fourth-order valence-electron chi connectivity index (χ4n) is 2.47. The van der Waals surface area contributed by atoms with E-state index in [1.54, 1.807) is 12.1 Å². The molecule has 0 bridgehead atoms. The Morgan fingerprint density at radius 3 is 2.10 bits per heavy atom. The molecule has 0 saturated heterocycles. The minimum atomic E-state index is -3.68. The van der Waals surface area contributed by atoms with E-state index in [0.29, 0.717) is 5.69 Å². The first-order chi connectivity index (χ1) is 9.43. The van der Waals surface area contributed by atoms with E-state index in [-0.39, 0.29) is 4.90 Å². The summed E-state index contributed by atoms with van der Waals surface area (Å²) in [7, 11) is -3.68. The lowest BCUT2D eigenvalue weighted by Gasteiger charge is -2.26. The van der Waals surface area contributed by atoms with Crippen molar-refractivity contribution >= 4 is 21.4 Å². The van der Waals surface area contributed by atoms with Gasteiger partial charge in [0.15, 0.2) is 0 Å². The summed E-state index contributed by atoms with van der Waals surface area (Å²) in [5.74, 6) is 1.46. The van der Waals surface area contributed by atoms with E-state index in [1.165, 1.54) is 31.7 Å². The van der Waals surface area contributed by atoms with Crippen LogP contribution in [0.4, 0.5) is 11.4 Å². The smallest absolute Gasteiger partial charge is 0.238 e. The molecule has 0 atom stereocenters. The van der Waals surface area contributed by atoms with Crippen LogP contribution in [0.5, 0.6) is 0 Å². The van der Waals surface area contributed by atoms with Gasteiger partial charge in [0, 0.05) is 13.1 Å². The first-order valence-electron chi connectivity index (χ1n) is 7.11. The maximum atomic E-state index is 11.5. The van der Waals surface area contributed by atoms with E-state index >= 15 is 0 Å². The second kappa shape index (κ2) is 4.93. The number of rotatable bonds is 6. The van der Waals surface area contributed by atoms with Crippen molar-refractivity contribution in [3.8, 4) is 0 Å². The highest BCUT2D eigenvalue weighted by Gasteiger charge is 2.30. The predicted molar refractivity (Wildman–Crippen MR) is 79.9 cm³/mol. The van der Waals surface area contributed by atoms with Crippen molar-refractivity contribution in [1.82, 2.24) is 0 Å². The van der Waals surface area contributed by atoms with E-state index in [9.17, 15) is 8.42 Å². The lowest BCUT2D eigenvalue weighted by Crippen LogP contribution is -2.29. The number of nitrogen functional groups attached to an aromatic ring is 1. The number of hydrogen-bond donors (Lipinski definition) is 2. The molecule has 0 radical (unpaired) electrons. The number of nitrogens with two attached hydrogens (primary N) is 2. The minimum absolute atomic E-state index is 0.137. The zero-order valence-electron chi connectivity index (χ0n) is 11.5. The van der Waals surface area contributed by atoms with Gasteiger partial charge in [-0.25, -0.2) is 13.6 Å². The Labute approximate surface area is 120 Å².